The monoisotopic (exact) mass is 460 g/mol. The first-order valence-corrected chi connectivity index (χ1v) is 9.99. The van der Waals surface area contributed by atoms with Crippen molar-refractivity contribution in [1.29, 1.82) is 0 Å². The van der Waals surface area contributed by atoms with Crippen molar-refractivity contribution in [2.45, 2.75) is 46.1 Å². The second-order valence-electron chi connectivity index (χ2n) is 7.41. The summed E-state index contributed by atoms with van der Waals surface area (Å²) in [5, 5.41) is 5.22. The molecule has 1 aromatic carbocycles. The average molecular weight is 461 g/mol. The first kappa shape index (κ1) is 22.3. The Morgan fingerprint density at radius 2 is 2.00 bits per heavy atom. The van der Waals surface area contributed by atoms with Crippen molar-refractivity contribution in [2.75, 3.05) is 11.9 Å². The fourth-order valence-corrected chi connectivity index (χ4v) is 2.78. The number of hydrazone groups is 1. The minimum atomic E-state index is -1.14. The van der Waals surface area contributed by atoms with Crippen molar-refractivity contribution in [1.82, 2.24) is 5.01 Å². The van der Waals surface area contributed by atoms with E-state index in [4.69, 9.17) is 9.47 Å². The van der Waals surface area contributed by atoms with Crippen LogP contribution in [-0.2, 0) is 9.53 Å². The fraction of sp³-hybridized carbons (Fsp3) is 0.526. The van der Waals surface area contributed by atoms with E-state index >= 15 is 0 Å². The largest absolute Gasteiger partial charge is 0.490 e. The fourth-order valence-electron chi connectivity index (χ4n) is 2.55. The number of hydrogen-bond donors (Lipinski definition) is 0. The summed E-state index contributed by atoms with van der Waals surface area (Å²) >= 11 is 3.23. The third kappa shape index (κ3) is 5.27. The molecule has 0 fully saturated rings. The third-order valence-corrected chi connectivity index (χ3v) is 4.38. The van der Waals surface area contributed by atoms with Gasteiger partial charge in [0.15, 0.2) is 11.6 Å². The van der Waals surface area contributed by atoms with Crippen molar-refractivity contribution < 1.29 is 27.8 Å². The summed E-state index contributed by atoms with van der Waals surface area (Å²) in [6.45, 7) is 6.84. The topological polar surface area (TPSA) is 68.2 Å². The van der Waals surface area contributed by atoms with E-state index < -0.39 is 35.2 Å². The van der Waals surface area contributed by atoms with Gasteiger partial charge in [-0.05, 0) is 39.3 Å². The molecular formula is C19H23BrF2N2O4. The van der Waals surface area contributed by atoms with E-state index in [0.29, 0.717) is 16.8 Å². The van der Waals surface area contributed by atoms with E-state index in [0.717, 1.165) is 0 Å². The Morgan fingerprint density at radius 3 is 2.61 bits per heavy atom. The highest BCUT2D eigenvalue weighted by Crippen LogP contribution is 2.28. The minimum Gasteiger partial charge on any atom is -0.490 e. The maximum Gasteiger partial charge on any atom is 0.438 e. The van der Waals surface area contributed by atoms with Crippen molar-refractivity contribution in [3.05, 3.63) is 29.3 Å². The lowest BCUT2D eigenvalue weighted by Crippen LogP contribution is -2.42. The van der Waals surface area contributed by atoms with Crippen LogP contribution < -0.4 is 4.74 Å². The first-order valence-electron chi connectivity index (χ1n) is 8.86. The van der Waals surface area contributed by atoms with Crippen LogP contribution in [0.25, 0.3) is 0 Å². The van der Waals surface area contributed by atoms with Gasteiger partial charge in [0.25, 0.3) is 5.91 Å². The first-order chi connectivity index (χ1) is 13.0. The summed E-state index contributed by atoms with van der Waals surface area (Å²) in [5.41, 5.74) is -0.866. The highest BCUT2D eigenvalue weighted by molar-refractivity contribution is 9.09. The number of halogens is 3. The SMILES string of the molecule is CC1CC(=O)N(C(=O)OC(C)(C)C)N=C1c1ccc(OCCCBr)c(F)c1F. The number of amides is 2. The zero-order valence-corrected chi connectivity index (χ0v) is 17.8. The second kappa shape index (κ2) is 8.98. The summed E-state index contributed by atoms with van der Waals surface area (Å²) in [6, 6.07) is 2.64. The second-order valence-corrected chi connectivity index (χ2v) is 8.20. The van der Waals surface area contributed by atoms with Crippen LogP contribution in [0, 0.1) is 17.6 Å². The lowest BCUT2D eigenvalue weighted by Gasteiger charge is -2.28. The van der Waals surface area contributed by atoms with Gasteiger partial charge in [0, 0.05) is 23.2 Å². The quantitative estimate of drug-likeness (QED) is 0.474. The smallest absolute Gasteiger partial charge is 0.438 e. The summed E-state index contributed by atoms with van der Waals surface area (Å²) < 4.78 is 39.4. The number of hydrogen-bond acceptors (Lipinski definition) is 5. The third-order valence-electron chi connectivity index (χ3n) is 3.82. The molecule has 0 aromatic heterocycles. The molecule has 6 nitrogen and oxygen atoms in total. The van der Waals surface area contributed by atoms with Crippen LogP contribution in [0.15, 0.2) is 17.2 Å². The van der Waals surface area contributed by atoms with Gasteiger partial charge in [-0.2, -0.15) is 9.49 Å². The molecular weight excluding hydrogens is 438 g/mol. The maximum absolute atomic E-state index is 14.7. The molecule has 1 aromatic rings. The van der Waals surface area contributed by atoms with Gasteiger partial charge < -0.3 is 9.47 Å². The van der Waals surface area contributed by atoms with E-state index in [1.165, 1.54) is 12.1 Å². The Bertz CT molecular complexity index is 793. The van der Waals surface area contributed by atoms with Gasteiger partial charge in [-0.3, -0.25) is 4.79 Å². The van der Waals surface area contributed by atoms with Crippen LogP contribution in [0.2, 0.25) is 0 Å². The normalized spacial score (nSPS) is 17.4. The van der Waals surface area contributed by atoms with E-state index in [-0.39, 0.29) is 30.1 Å². The van der Waals surface area contributed by atoms with Crippen molar-refractivity contribution in [3.63, 3.8) is 0 Å². The highest BCUT2D eigenvalue weighted by atomic mass is 79.9. The van der Waals surface area contributed by atoms with Gasteiger partial charge in [0.05, 0.1) is 12.3 Å². The summed E-state index contributed by atoms with van der Waals surface area (Å²) in [6.07, 6.45) is -0.403. The van der Waals surface area contributed by atoms with Crippen LogP contribution >= 0.6 is 15.9 Å². The molecule has 1 aliphatic heterocycles. The molecule has 154 valence electrons. The molecule has 0 radical (unpaired) electrons. The standard InChI is InChI=1S/C19H23BrF2N2O4/c1-11-10-14(25)24(18(26)28-19(2,3)4)23-17(11)12-6-7-13(16(22)15(12)21)27-9-5-8-20/h6-7,11H,5,8-10H2,1-4H3. The molecule has 0 bridgehead atoms. The van der Waals surface area contributed by atoms with Crippen LogP contribution in [-0.4, -0.2) is 40.3 Å². The zero-order valence-electron chi connectivity index (χ0n) is 16.2. The van der Waals surface area contributed by atoms with Crippen molar-refractivity contribution in [3.8, 4) is 5.75 Å². The molecule has 1 unspecified atom stereocenters. The van der Waals surface area contributed by atoms with E-state index in [1.54, 1.807) is 27.7 Å². The van der Waals surface area contributed by atoms with Crippen molar-refractivity contribution >= 4 is 33.6 Å². The Balaban J connectivity index is 2.36. The Kier molecular flexibility index (Phi) is 7.14. The van der Waals surface area contributed by atoms with Gasteiger partial charge in [0.1, 0.15) is 5.60 Å². The molecule has 0 aliphatic carbocycles. The maximum atomic E-state index is 14.7. The molecule has 0 spiro atoms. The molecule has 2 amide bonds. The number of benzene rings is 1. The number of ether oxygens (including phenoxy) is 2. The predicted octanol–water partition coefficient (Wildman–Crippen LogP) is 4.64. The van der Waals surface area contributed by atoms with Crippen LogP contribution in [0.1, 0.15) is 46.1 Å². The number of imide groups is 1. The highest BCUT2D eigenvalue weighted by Gasteiger charge is 2.35. The molecule has 0 saturated heterocycles. The lowest BCUT2D eigenvalue weighted by molar-refractivity contribution is -0.131. The van der Waals surface area contributed by atoms with Gasteiger partial charge in [0.2, 0.25) is 5.82 Å². The summed E-state index contributed by atoms with van der Waals surface area (Å²) in [7, 11) is 0. The number of carbonyl (C=O) groups excluding carboxylic acids is 2. The van der Waals surface area contributed by atoms with Crippen LogP contribution in [0.4, 0.5) is 13.6 Å². The zero-order chi connectivity index (χ0) is 21.1. The van der Waals surface area contributed by atoms with Crippen molar-refractivity contribution in [2.24, 2.45) is 11.0 Å². The molecule has 1 heterocycles. The predicted molar refractivity (Wildman–Crippen MR) is 104 cm³/mol. The molecule has 1 aliphatic rings. The van der Waals surface area contributed by atoms with E-state index in [2.05, 4.69) is 21.0 Å². The average Bonchev–Trinajstić information content (AvgIpc) is 2.58. The molecule has 2 rings (SSSR count). The number of carbonyl (C=O) groups is 2. The molecule has 0 saturated carbocycles. The molecule has 28 heavy (non-hydrogen) atoms. The van der Waals surface area contributed by atoms with Crippen LogP contribution in [0.5, 0.6) is 5.75 Å². The molecule has 9 heteroatoms. The van der Waals surface area contributed by atoms with Gasteiger partial charge in [-0.25, -0.2) is 9.18 Å². The lowest BCUT2D eigenvalue weighted by atomic mass is 9.93. The molecule has 0 N–H and O–H groups in total. The van der Waals surface area contributed by atoms with Gasteiger partial charge in [-0.15, -0.1) is 5.01 Å². The van der Waals surface area contributed by atoms with Crippen LogP contribution in [0.3, 0.4) is 0 Å². The van der Waals surface area contributed by atoms with Gasteiger partial charge >= 0.3 is 6.09 Å². The molecule has 1 atom stereocenters. The minimum absolute atomic E-state index is 0.0807. The van der Waals surface area contributed by atoms with E-state index in [9.17, 15) is 18.4 Å². The van der Waals surface area contributed by atoms with Gasteiger partial charge in [-0.1, -0.05) is 22.9 Å². The Hall–Kier alpha value is -2.03. The Labute approximate surface area is 171 Å². The van der Waals surface area contributed by atoms with E-state index in [1.807, 2.05) is 0 Å². The Morgan fingerprint density at radius 1 is 1.32 bits per heavy atom. The number of rotatable bonds is 5. The number of nitrogens with zero attached hydrogens (tertiary/aromatic N) is 2. The number of alkyl halides is 1. The summed E-state index contributed by atoms with van der Waals surface area (Å²) in [4.78, 5) is 24.4. The summed E-state index contributed by atoms with van der Waals surface area (Å²) in [5.74, 6) is -3.55.